The summed E-state index contributed by atoms with van der Waals surface area (Å²) in [6, 6.07) is 21.7. The summed E-state index contributed by atoms with van der Waals surface area (Å²) in [7, 11) is 0. The molecule has 41 heavy (non-hydrogen) atoms. The maximum atomic E-state index is 13.9. The van der Waals surface area contributed by atoms with Crippen molar-refractivity contribution in [2.24, 2.45) is 0 Å². The average molecular weight is 575 g/mol. The van der Waals surface area contributed by atoms with Crippen LogP contribution in [-0.2, 0) is 4.79 Å². The molecule has 6 nitrogen and oxygen atoms in total. The van der Waals surface area contributed by atoms with E-state index in [1.807, 2.05) is 42.5 Å². The molecule has 0 saturated carbocycles. The number of amides is 2. The normalized spacial score (nSPS) is 21.0. The molecular weight excluding hydrogens is 532 g/mol. The lowest BCUT2D eigenvalue weighted by molar-refractivity contribution is -0.133. The number of hydrogen-bond acceptors (Lipinski definition) is 4. The smallest absolute Gasteiger partial charge is 0.251 e. The van der Waals surface area contributed by atoms with Gasteiger partial charge >= 0.3 is 0 Å². The average Bonchev–Trinajstić information content (AvgIpc) is 3.16. The Morgan fingerprint density at radius 2 is 1.76 bits per heavy atom. The summed E-state index contributed by atoms with van der Waals surface area (Å²) in [5, 5.41) is 9.48. The first kappa shape index (κ1) is 29.6. The third-order valence-corrected chi connectivity index (χ3v) is 8.99. The van der Waals surface area contributed by atoms with Gasteiger partial charge in [0.25, 0.3) is 5.91 Å². The Labute approximate surface area is 249 Å². The van der Waals surface area contributed by atoms with Gasteiger partial charge in [-0.2, -0.15) is 0 Å². The second kappa shape index (κ2) is 14.3. The molecule has 2 aliphatic rings. The largest absolute Gasteiger partial charge is 0.350 e. The standard InChI is InChI=1S/C34H43ClN4O2/c1-2-25(26-9-5-3-6-10-26)24-39-20-15-31(37-32(34(39)41)16-19-38-17-7-4-8-18-38)23-36-33(40)29-12-11-28-22-30(35)14-13-27(28)21-29/h3,5-6,9-14,21-22,25,31-32,37H,2,4,7-8,15-20,23-24H2,1H3,(H,36,40)/t25-,31?,32?/m1/s1. The number of carbonyl (C=O) groups is 2. The first-order chi connectivity index (χ1) is 20.0. The van der Waals surface area contributed by atoms with Crippen LogP contribution in [0.4, 0.5) is 0 Å². The summed E-state index contributed by atoms with van der Waals surface area (Å²) < 4.78 is 0. The van der Waals surface area contributed by atoms with E-state index in [-0.39, 0.29) is 23.9 Å². The molecule has 7 heteroatoms. The van der Waals surface area contributed by atoms with Crippen molar-refractivity contribution < 1.29 is 9.59 Å². The molecule has 2 heterocycles. The molecule has 2 aliphatic heterocycles. The van der Waals surface area contributed by atoms with Crippen molar-refractivity contribution in [3.8, 4) is 0 Å². The van der Waals surface area contributed by atoms with E-state index in [1.54, 1.807) is 0 Å². The van der Waals surface area contributed by atoms with Gasteiger partial charge in [-0.05, 0) is 85.8 Å². The van der Waals surface area contributed by atoms with Crippen LogP contribution in [0.5, 0.6) is 0 Å². The number of fused-ring (bicyclic) bond motifs is 1. The number of nitrogens with one attached hydrogen (secondary N) is 2. The fourth-order valence-corrected chi connectivity index (χ4v) is 6.44. The molecule has 2 fully saturated rings. The van der Waals surface area contributed by atoms with Crippen molar-refractivity contribution in [2.75, 3.05) is 39.3 Å². The molecular formula is C34H43ClN4O2. The zero-order chi connectivity index (χ0) is 28.6. The SMILES string of the molecule is CC[C@H](CN1CCC(CNC(=O)c2ccc3cc(Cl)ccc3c2)NC(CCN2CCCCC2)C1=O)c1ccccc1. The van der Waals surface area contributed by atoms with E-state index >= 15 is 0 Å². The highest BCUT2D eigenvalue weighted by molar-refractivity contribution is 6.31. The summed E-state index contributed by atoms with van der Waals surface area (Å²) in [4.78, 5) is 31.6. The summed E-state index contributed by atoms with van der Waals surface area (Å²) in [5.74, 6) is 0.399. The second-order valence-corrected chi connectivity index (χ2v) is 12.0. The number of nitrogens with zero attached hydrogens (tertiary/aromatic N) is 2. The van der Waals surface area contributed by atoms with Gasteiger partial charge in [0.2, 0.25) is 5.91 Å². The number of halogens is 1. The Kier molecular flexibility index (Phi) is 10.3. The van der Waals surface area contributed by atoms with Gasteiger partial charge in [0, 0.05) is 48.7 Å². The third kappa shape index (κ3) is 7.88. The van der Waals surface area contributed by atoms with Crippen molar-refractivity contribution in [2.45, 2.75) is 63.5 Å². The predicted molar refractivity (Wildman–Crippen MR) is 168 cm³/mol. The lowest BCUT2D eigenvalue weighted by Gasteiger charge is -2.31. The minimum absolute atomic E-state index is 0.0234. The molecule has 3 aromatic rings. The predicted octanol–water partition coefficient (Wildman–Crippen LogP) is 5.85. The van der Waals surface area contributed by atoms with Crippen molar-refractivity contribution in [3.63, 3.8) is 0 Å². The highest BCUT2D eigenvalue weighted by Gasteiger charge is 2.32. The monoisotopic (exact) mass is 574 g/mol. The van der Waals surface area contributed by atoms with Gasteiger partial charge in [-0.3, -0.25) is 9.59 Å². The molecule has 2 N–H and O–H groups in total. The third-order valence-electron chi connectivity index (χ3n) is 8.75. The van der Waals surface area contributed by atoms with Gasteiger partial charge in [0.1, 0.15) is 0 Å². The number of carbonyl (C=O) groups excluding carboxylic acids is 2. The number of benzene rings is 3. The highest BCUT2D eigenvalue weighted by atomic mass is 35.5. The van der Waals surface area contributed by atoms with Crippen molar-refractivity contribution in [1.29, 1.82) is 0 Å². The molecule has 3 aromatic carbocycles. The van der Waals surface area contributed by atoms with Crippen molar-refractivity contribution in [3.05, 3.63) is 82.9 Å². The van der Waals surface area contributed by atoms with Gasteiger partial charge in [-0.1, -0.05) is 67.4 Å². The van der Waals surface area contributed by atoms with E-state index in [2.05, 4.69) is 51.6 Å². The van der Waals surface area contributed by atoms with Gasteiger partial charge < -0.3 is 20.4 Å². The molecule has 2 amide bonds. The minimum Gasteiger partial charge on any atom is -0.350 e. The van der Waals surface area contributed by atoms with E-state index < -0.39 is 0 Å². The van der Waals surface area contributed by atoms with Crippen LogP contribution in [0.1, 0.15) is 67.3 Å². The molecule has 0 aliphatic carbocycles. The van der Waals surface area contributed by atoms with E-state index in [0.717, 1.165) is 56.2 Å². The van der Waals surface area contributed by atoms with Crippen molar-refractivity contribution in [1.82, 2.24) is 20.4 Å². The van der Waals surface area contributed by atoms with Gasteiger partial charge in [-0.25, -0.2) is 0 Å². The topological polar surface area (TPSA) is 64.7 Å². The van der Waals surface area contributed by atoms with E-state index in [4.69, 9.17) is 11.6 Å². The number of piperidine rings is 1. The molecule has 0 radical (unpaired) electrons. The molecule has 218 valence electrons. The minimum atomic E-state index is -0.250. The van der Waals surface area contributed by atoms with Gasteiger partial charge in [0.15, 0.2) is 0 Å². The highest BCUT2D eigenvalue weighted by Crippen LogP contribution is 2.24. The fraction of sp³-hybridized carbons (Fsp3) is 0.471. The first-order valence-electron chi connectivity index (χ1n) is 15.3. The lowest BCUT2D eigenvalue weighted by Crippen LogP contribution is -2.50. The number of likely N-dealkylation sites (tertiary alicyclic amines) is 1. The van der Waals surface area contributed by atoms with Crippen LogP contribution in [0.25, 0.3) is 10.8 Å². The van der Waals surface area contributed by atoms with Crippen LogP contribution >= 0.6 is 11.6 Å². The molecule has 0 aromatic heterocycles. The zero-order valence-electron chi connectivity index (χ0n) is 24.2. The first-order valence-corrected chi connectivity index (χ1v) is 15.7. The summed E-state index contributed by atoms with van der Waals surface area (Å²) in [6.45, 7) is 7.25. The fourth-order valence-electron chi connectivity index (χ4n) is 6.26. The Morgan fingerprint density at radius 1 is 1.00 bits per heavy atom. The quantitative estimate of drug-likeness (QED) is 0.319. The summed E-state index contributed by atoms with van der Waals surface area (Å²) >= 11 is 6.12. The van der Waals surface area contributed by atoms with Crippen LogP contribution in [0, 0.1) is 0 Å². The molecule has 0 bridgehead atoms. The van der Waals surface area contributed by atoms with Crippen LogP contribution in [0.2, 0.25) is 5.02 Å². The van der Waals surface area contributed by atoms with Crippen LogP contribution in [-0.4, -0.2) is 73.0 Å². The van der Waals surface area contributed by atoms with E-state index in [0.29, 0.717) is 29.6 Å². The molecule has 0 spiro atoms. The number of rotatable bonds is 10. The lowest BCUT2D eigenvalue weighted by atomic mass is 9.95. The second-order valence-electron chi connectivity index (χ2n) is 11.6. The molecule has 2 unspecified atom stereocenters. The zero-order valence-corrected chi connectivity index (χ0v) is 24.9. The molecule has 3 atom stereocenters. The molecule has 5 rings (SSSR count). The Bertz CT molecular complexity index is 1310. The van der Waals surface area contributed by atoms with Gasteiger partial charge in [-0.15, -0.1) is 0 Å². The maximum Gasteiger partial charge on any atom is 0.251 e. The Hall–Kier alpha value is -2.93. The maximum absolute atomic E-state index is 13.9. The van der Waals surface area contributed by atoms with Crippen molar-refractivity contribution >= 4 is 34.2 Å². The molecule has 2 saturated heterocycles. The van der Waals surface area contributed by atoms with Crippen LogP contribution in [0.3, 0.4) is 0 Å². The Balaban J connectivity index is 1.26. The van der Waals surface area contributed by atoms with Crippen LogP contribution in [0.15, 0.2) is 66.7 Å². The summed E-state index contributed by atoms with van der Waals surface area (Å²) in [5.41, 5.74) is 1.91. The van der Waals surface area contributed by atoms with E-state index in [9.17, 15) is 9.59 Å². The number of hydrogen-bond donors (Lipinski definition) is 2. The van der Waals surface area contributed by atoms with Gasteiger partial charge in [0.05, 0.1) is 6.04 Å². The van der Waals surface area contributed by atoms with E-state index in [1.165, 1.54) is 24.8 Å². The Morgan fingerprint density at radius 3 is 2.54 bits per heavy atom. The summed E-state index contributed by atoms with van der Waals surface area (Å²) in [6.07, 6.45) is 6.35. The van der Waals surface area contributed by atoms with Crippen LogP contribution < -0.4 is 10.6 Å².